The van der Waals surface area contributed by atoms with Crippen molar-refractivity contribution in [2.75, 3.05) is 6.54 Å². The minimum Gasteiger partial charge on any atom is -0.481 e. The Morgan fingerprint density at radius 1 is 1.38 bits per heavy atom. The van der Waals surface area contributed by atoms with Crippen molar-refractivity contribution < 1.29 is 14.7 Å². The topological polar surface area (TPSA) is 78.4 Å². The molecular weight excluding hydrogens is 208 g/mol. The molecule has 16 heavy (non-hydrogen) atoms. The maximum absolute atomic E-state index is 11.3. The van der Waals surface area contributed by atoms with Crippen LogP contribution in [0.3, 0.4) is 0 Å². The van der Waals surface area contributed by atoms with Crippen molar-refractivity contribution in [2.24, 2.45) is 5.92 Å². The zero-order valence-electron chi connectivity index (χ0n) is 9.66. The lowest BCUT2D eigenvalue weighted by molar-refractivity contribution is -0.137. The summed E-state index contributed by atoms with van der Waals surface area (Å²) in [6, 6.07) is 0.222. The van der Waals surface area contributed by atoms with Gasteiger partial charge in [0.15, 0.2) is 0 Å². The molecule has 0 aliphatic heterocycles. The number of carboxylic acid groups (broad SMARTS) is 1. The summed E-state index contributed by atoms with van der Waals surface area (Å²) in [4.78, 5) is 21.5. The molecule has 0 spiro atoms. The van der Waals surface area contributed by atoms with Gasteiger partial charge in [-0.25, -0.2) is 4.79 Å². The average Bonchev–Trinajstić information content (AvgIpc) is 2.95. The monoisotopic (exact) mass is 228 g/mol. The molecule has 1 aliphatic carbocycles. The number of unbranched alkanes of at least 4 members (excludes halogenated alkanes) is 1. The first-order valence-electron chi connectivity index (χ1n) is 5.89. The molecule has 2 unspecified atom stereocenters. The van der Waals surface area contributed by atoms with Crippen LogP contribution in [-0.4, -0.2) is 29.7 Å². The summed E-state index contributed by atoms with van der Waals surface area (Å²) < 4.78 is 0. The summed E-state index contributed by atoms with van der Waals surface area (Å²) in [5.41, 5.74) is 0. The normalized spacial score (nSPS) is 22.6. The summed E-state index contributed by atoms with van der Waals surface area (Å²) in [5.74, 6) is -0.133. The third-order valence-electron chi connectivity index (χ3n) is 2.87. The van der Waals surface area contributed by atoms with E-state index in [1.54, 1.807) is 0 Å². The van der Waals surface area contributed by atoms with Crippen molar-refractivity contribution in [3.8, 4) is 0 Å². The van der Waals surface area contributed by atoms with Crippen LogP contribution in [0.4, 0.5) is 4.79 Å². The molecule has 1 aliphatic rings. The number of hydrogen-bond donors (Lipinski definition) is 3. The van der Waals surface area contributed by atoms with Crippen molar-refractivity contribution in [3.05, 3.63) is 0 Å². The van der Waals surface area contributed by atoms with Gasteiger partial charge in [0.05, 0.1) is 0 Å². The van der Waals surface area contributed by atoms with Gasteiger partial charge in [0, 0.05) is 19.0 Å². The third-order valence-corrected chi connectivity index (χ3v) is 2.87. The second kappa shape index (κ2) is 6.35. The quantitative estimate of drug-likeness (QED) is 0.575. The largest absolute Gasteiger partial charge is 0.481 e. The SMILES string of the molecule is CCC1CC1NC(=O)NCCCCC(=O)O. The lowest BCUT2D eigenvalue weighted by Gasteiger charge is -2.06. The first-order valence-corrected chi connectivity index (χ1v) is 5.89. The highest BCUT2D eigenvalue weighted by Crippen LogP contribution is 2.32. The van der Waals surface area contributed by atoms with Gasteiger partial charge >= 0.3 is 12.0 Å². The Morgan fingerprint density at radius 3 is 2.69 bits per heavy atom. The number of carbonyl (C=O) groups excluding carboxylic acids is 1. The Hall–Kier alpha value is -1.26. The summed E-state index contributed by atoms with van der Waals surface area (Å²) in [7, 11) is 0. The van der Waals surface area contributed by atoms with E-state index < -0.39 is 5.97 Å². The fraction of sp³-hybridized carbons (Fsp3) is 0.818. The van der Waals surface area contributed by atoms with Crippen LogP contribution in [0.1, 0.15) is 39.0 Å². The Labute approximate surface area is 95.6 Å². The number of carboxylic acids is 1. The Balaban J connectivity index is 1.93. The molecule has 0 heterocycles. The molecule has 0 aromatic carbocycles. The highest BCUT2D eigenvalue weighted by Gasteiger charge is 2.36. The van der Waals surface area contributed by atoms with Gasteiger partial charge in [-0.15, -0.1) is 0 Å². The van der Waals surface area contributed by atoms with E-state index in [2.05, 4.69) is 17.6 Å². The van der Waals surface area contributed by atoms with Crippen LogP contribution in [0, 0.1) is 5.92 Å². The van der Waals surface area contributed by atoms with Gasteiger partial charge in [0.1, 0.15) is 0 Å². The smallest absolute Gasteiger partial charge is 0.315 e. The van der Waals surface area contributed by atoms with E-state index in [-0.39, 0.29) is 12.5 Å². The van der Waals surface area contributed by atoms with Gasteiger partial charge < -0.3 is 15.7 Å². The van der Waals surface area contributed by atoms with E-state index >= 15 is 0 Å². The fourth-order valence-electron chi connectivity index (χ4n) is 1.70. The van der Waals surface area contributed by atoms with Crippen molar-refractivity contribution >= 4 is 12.0 Å². The van der Waals surface area contributed by atoms with Crippen LogP contribution in [0.2, 0.25) is 0 Å². The second-order valence-electron chi connectivity index (χ2n) is 4.26. The van der Waals surface area contributed by atoms with Gasteiger partial charge in [0.25, 0.3) is 0 Å². The first kappa shape index (κ1) is 12.8. The number of urea groups is 1. The molecule has 2 atom stereocenters. The van der Waals surface area contributed by atoms with E-state index in [0.29, 0.717) is 31.3 Å². The Morgan fingerprint density at radius 2 is 2.12 bits per heavy atom. The van der Waals surface area contributed by atoms with Crippen LogP contribution in [0.15, 0.2) is 0 Å². The number of aliphatic carboxylic acids is 1. The zero-order valence-corrected chi connectivity index (χ0v) is 9.66. The van der Waals surface area contributed by atoms with Crippen molar-refractivity contribution in [1.82, 2.24) is 10.6 Å². The molecule has 92 valence electrons. The van der Waals surface area contributed by atoms with Gasteiger partial charge in [-0.05, 0) is 25.2 Å². The number of carbonyl (C=O) groups is 2. The van der Waals surface area contributed by atoms with Gasteiger partial charge in [-0.1, -0.05) is 13.3 Å². The summed E-state index contributed by atoms with van der Waals surface area (Å²) in [5, 5.41) is 14.0. The van der Waals surface area contributed by atoms with E-state index in [9.17, 15) is 9.59 Å². The van der Waals surface area contributed by atoms with E-state index in [1.165, 1.54) is 0 Å². The minimum absolute atomic E-state index is 0.128. The predicted octanol–water partition coefficient (Wildman–Crippen LogP) is 1.34. The van der Waals surface area contributed by atoms with E-state index in [0.717, 1.165) is 12.8 Å². The molecule has 3 N–H and O–H groups in total. The van der Waals surface area contributed by atoms with Crippen LogP contribution in [0.5, 0.6) is 0 Å². The summed E-state index contributed by atoms with van der Waals surface area (Å²) in [6.45, 7) is 2.67. The standard InChI is InChI=1S/C11H20N2O3/c1-2-8-7-9(8)13-11(16)12-6-4-3-5-10(14)15/h8-9H,2-7H2,1H3,(H,14,15)(H2,12,13,16). The van der Waals surface area contributed by atoms with Crippen LogP contribution >= 0.6 is 0 Å². The fourth-order valence-corrected chi connectivity index (χ4v) is 1.70. The Kier molecular flexibility index (Phi) is 5.08. The molecule has 0 bridgehead atoms. The van der Waals surface area contributed by atoms with Gasteiger partial charge in [-0.3, -0.25) is 4.79 Å². The minimum atomic E-state index is -0.784. The summed E-state index contributed by atoms with van der Waals surface area (Å²) in [6.07, 6.45) is 3.69. The molecule has 1 fully saturated rings. The van der Waals surface area contributed by atoms with Gasteiger partial charge in [-0.2, -0.15) is 0 Å². The van der Waals surface area contributed by atoms with Crippen molar-refractivity contribution in [1.29, 1.82) is 0 Å². The van der Waals surface area contributed by atoms with Crippen LogP contribution < -0.4 is 10.6 Å². The zero-order chi connectivity index (χ0) is 12.0. The third kappa shape index (κ3) is 5.00. The van der Waals surface area contributed by atoms with Crippen molar-refractivity contribution in [2.45, 2.75) is 45.1 Å². The molecule has 0 saturated heterocycles. The molecular formula is C11H20N2O3. The molecule has 0 aromatic heterocycles. The maximum Gasteiger partial charge on any atom is 0.315 e. The predicted molar refractivity (Wildman–Crippen MR) is 60.2 cm³/mol. The highest BCUT2D eigenvalue weighted by atomic mass is 16.4. The second-order valence-corrected chi connectivity index (χ2v) is 4.26. The first-order chi connectivity index (χ1) is 7.63. The molecule has 1 rings (SSSR count). The van der Waals surface area contributed by atoms with E-state index in [4.69, 9.17) is 5.11 Å². The molecule has 0 aromatic rings. The number of rotatable bonds is 7. The molecule has 2 amide bonds. The number of nitrogens with one attached hydrogen (secondary N) is 2. The maximum atomic E-state index is 11.3. The van der Waals surface area contributed by atoms with Crippen molar-refractivity contribution in [3.63, 3.8) is 0 Å². The number of amides is 2. The van der Waals surface area contributed by atoms with Crippen LogP contribution in [0.25, 0.3) is 0 Å². The molecule has 1 saturated carbocycles. The molecule has 0 radical (unpaired) electrons. The Bertz CT molecular complexity index is 256. The molecule has 5 heteroatoms. The molecule has 5 nitrogen and oxygen atoms in total. The van der Waals surface area contributed by atoms with Gasteiger partial charge in [0.2, 0.25) is 0 Å². The average molecular weight is 228 g/mol. The highest BCUT2D eigenvalue weighted by molar-refractivity contribution is 5.74. The lowest BCUT2D eigenvalue weighted by Crippen LogP contribution is -2.37. The lowest BCUT2D eigenvalue weighted by atomic mass is 10.2. The van der Waals surface area contributed by atoms with Crippen LogP contribution in [-0.2, 0) is 4.79 Å². The summed E-state index contributed by atoms with van der Waals surface area (Å²) >= 11 is 0. The number of hydrogen-bond acceptors (Lipinski definition) is 2. The van der Waals surface area contributed by atoms with E-state index in [1.807, 2.05) is 0 Å².